The number of hydrogen-bond donors (Lipinski definition) is 1. The average molecular weight is 317 g/mol. The highest BCUT2D eigenvalue weighted by atomic mass is 19.3. The highest BCUT2D eigenvalue weighted by Gasteiger charge is 2.44. The van der Waals surface area contributed by atoms with Gasteiger partial charge in [0.2, 0.25) is 0 Å². The lowest BCUT2D eigenvalue weighted by atomic mass is 9.96. The third kappa shape index (κ3) is 3.50. The van der Waals surface area contributed by atoms with Gasteiger partial charge in [0.15, 0.2) is 0 Å². The molecule has 0 spiro atoms. The minimum atomic E-state index is -2.96. The lowest BCUT2D eigenvalue weighted by molar-refractivity contribution is -0.0501. The topological polar surface area (TPSA) is 38.3 Å². The molecule has 0 heterocycles. The van der Waals surface area contributed by atoms with Crippen LogP contribution in [0.4, 0.5) is 8.78 Å². The number of rotatable bonds is 6. The molecule has 0 atom stereocenters. The van der Waals surface area contributed by atoms with Crippen LogP contribution in [0.25, 0.3) is 0 Å². The van der Waals surface area contributed by atoms with Crippen LogP contribution in [0.15, 0.2) is 54.6 Å². The Labute approximate surface area is 133 Å². The first-order valence-electron chi connectivity index (χ1n) is 7.48. The van der Waals surface area contributed by atoms with E-state index in [-0.39, 0.29) is 16.7 Å². The second-order valence-corrected chi connectivity index (χ2v) is 5.70. The van der Waals surface area contributed by atoms with E-state index in [1.165, 1.54) is 17.7 Å². The van der Waals surface area contributed by atoms with Crippen LogP contribution in [0.5, 0.6) is 5.75 Å². The first-order valence-corrected chi connectivity index (χ1v) is 7.48. The smallest absolute Gasteiger partial charge is 0.387 e. The van der Waals surface area contributed by atoms with Gasteiger partial charge in [-0.3, -0.25) is 4.79 Å². The summed E-state index contributed by atoms with van der Waals surface area (Å²) in [5.41, 5.74) is 1.28. The van der Waals surface area contributed by atoms with E-state index in [0.717, 1.165) is 12.8 Å². The molecule has 0 bridgehead atoms. The number of halogens is 2. The molecule has 1 aliphatic carbocycles. The number of hydrogen-bond acceptors (Lipinski definition) is 2. The Morgan fingerprint density at radius 3 is 2.39 bits per heavy atom. The van der Waals surface area contributed by atoms with Crippen LogP contribution in [0, 0.1) is 0 Å². The molecular formula is C18H17F2NO2. The van der Waals surface area contributed by atoms with Gasteiger partial charge in [0.1, 0.15) is 5.75 Å². The van der Waals surface area contributed by atoms with Gasteiger partial charge in [-0.15, -0.1) is 0 Å². The monoisotopic (exact) mass is 317 g/mol. The van der Waals surface area contributed by atoms with Crippen LogP contribution in [-0.4, -0.2) is 19.1 Å². The number of nitrogens with one attached hydrogen (secondary N) is 1. The van der Waals surface area contributed by atoms with E-state index < -0.39 is 12.5 Å². The lowest BCUT2D eigenvalue weighted by Crippen LogP contribution is -2.32. The van der Waals surface area contributed by atoms with Gasteiger partial charge in [0.25, 0.3) is 5.91 Å². The molecule has 2 aromatic rings. The number of benzene rings is 2. The zero-order chi connectivity index (χ0) is 16.3. The molecule has 3 rings (SSSR count). The van der Waals surface area contributed by atoms with Gasteiger partial charge in [-0.1, -0.05) is 42.5 Å². The maximum absolute atomic E-state index is 12.4. The molecule has 0 aliphatic heterocycles. The van der Waals surface area contributed by atoms with Crippen LogP contribution in [-0.2, 0) is 5.41 Å². The molecule has 1 saturated carbocycles. The van der Waals surface area contributed by atoms with Crippen molar-refractivity contribution in [2.75, 3.05) is 6.54 Å². The van der Waals surface area contributed by atoms with Gasteiger partial charge in [0, 0.05) is 12.0 Å². The Kier molecular flexibility index (Phi) is 4.28. The van der Waals surface area contributed by atoms with Crippen molar-refractivity contribution >= 4 is 5.91 Å². The Hall–Kier alpha value is -2.43. The van der Waals surface area contributed by atoms with E-state index in [0.29, 0.717) is 6.54 Å². The molecule has 0 unspecified atom stereocenters. The van der Waals surface area contributed by atoms with Crippen molar-refractivity contribution in [3.63, 3.8) is 0 Å². The number of para-hydroxylation sites is 1. The van der Waals surface area contributed by atoms with E-state index in [2.05, 4.69) is 10.1 Å². The predicted molar refractivity (Wildman–Crippen MR) is 82.8 cm³/mol. The molecule has 5 heteroatoms. The maximum atomic E-state index is 12.4. The summed E-state index contributed by atoms with van der Waals surface area (Å²) in [6.45, 7) is -2.47. The summed E-state index contributed by atoms with van der Waals surface area (Å²) in [5.74, 6) is -0.506. The molecule has 2 aromatic carbocycles. The summed E-state index contributed by atoms with van der Waals surface area (Å²) in [6, 6.07) is 16.0. The van der Waals surface area contributed by atoms with E-state index >= 15 is 0 Å². The fourth-order valence-electron chi connectivity index (χ4n) is 2.71. The van der Waals surface area contributed by atoms with Gasteiger partial charge >= 0.3 is 6.61 Å². The number of carbonyl (C=O) groups excluding carboxylic acids is 1. The summed E-state index contributed by atoms with van der Waals surface area (Å²) in [6.07, 6.45) is 2.01. The number of carbonyl (C=O) groups is 1. The van der Waals surface area contributed by atoms with E-state index in [9.17, 15) is 13.6 Å². The van der Waals surface area contributed by atoms with Crippen LogP contribution in [0.3, 0.4) is 0 Å². The maximum Gasteiger partial charge on any atom is 0.387 e. The minimum Gasteiger partial charge on any atom is -0.434 e. The van der Waals surface area contributed by atoms with Gasteiger partial charge < -0.3 is 10.1 Å². The quantitative estimate of drug-likeness (QED) is 0.881. The third-order valence-electron chi connectivity index (χ3n) is 4.17. The van der Waals surface area contributed by atoms with Crippen LogP contribution < -0.4 is 10.1 Å². The van der Waals surface area contributed by atoms with Crippen molar-refractivity contribution in [3.8, 4) is 5.75 Å². The molecule has 1 amide bonds. The van der Waals surface area contributed by atoms with Gasteiger partial charge in [-0.2, -0.15) is 8.78 Å². The minimum absolute atomic E-state index is 0.0323. The van der Waals surface area contributed by atoms with E-state index in [1.54, 1.807) is 12.1 Å². The Morgan fingerprint density at radius 2 is 1.74 bits per heavy atom. The zero-order valence-electron chi connectivity index (χ0n) is 12.5. The molecular weight excluding hydrogens is 300 g/mol. The molecule has 1 aliphatic rings. The van der Waals surface area contributed by atoms with Crippen LogP contribution >= 0.6 is 0 Å². The largest absolute Gasteiger partial charge is 0.434 e. The summed E-state index contributed by atoms with van der Waals surface area (Å²) in [5, 5.41) is 2.85. The fourth-order valence-corrected chi connectivity index (χ4v) is 2.71. The summed E-state index contributed by atoms with van der Waals surface area (Å²) < 4.78 is 29.2. The molecule has 1 N–H and O–H groups in total. The van der Waals surface area contributed by atoms with Crippen molar-refractivity contribution in [1.29, 1.82) is 0 Å². The Morgan fingerprint density at radius 1 is 1.09 bits per heavy atom. The average Bonchev–Trinajstić information content (AvgIpc) is 3.35. The van der Waals surface area contributed by atoms with Crippen molar-refractivity contribution in [2.45, 2.75) is 24.9 Å². The Balaban J connectivity index is 1.69. The molecule has 1 fully saturated rings. The standard InChI is InChI=1S/C18H17F2NO2/c19-17(20)23-15-9-5-4-8-14(15)16(22)21-12-18(10-11-18)13-6-2-1-3-7-13/h1-9,17H,10-12H2,(H,21,22). The van der Waals surface area contributed by atoms with Crippen molar-refractivity contribution in [2.24, 2.45) is 0 Å². The second-order valence-electron chi connectivity index (χ2n) is 5.70. The molecule has 3 nitrogen and oxygen atoms in total. The van der Waals surface area contributed by atoms with Crippen molar-refractivity contribution in [3.05, 3.63) is 65.7 Å². The Bertz CT molecular complexity index is 684. The zero-order valence-corrected chi connectivity index (χ0v) is 12.5. The molecule has 0 radical (unpaired) electrons. The normalized spacial score (nSPS) is 15.3. The first kappa shape index (κ1) is 15.5. The summed E-state index contributed by atoms with van der Waals surface area (Å²) in [4.78, 5) is 12.3. The predicted octanol–water partition coefficient (Wildman–Crippen LogP) is 3.75. The van der Waals surface area contributed by atoms with Crippen LogP contribution in [0.1, 0.15) is 28.8 Å². The van der Waals surface area contributed by atoms with Gasteiger partial charge in [0.05, 0.1) is 5.56 Å². The number of ether oxygens (including phenoxy) is 1. The third-order valence-corrected chi connectivity index (χ3v) is 4.17. The molecule has 120 valence electrons. The number of amides is 1. The van der Waals surface area contributed by atoms with Crippen LogP contribution in [0.2, 0.25) is 0 Å². The number of alkyl halides is 2. The fraction of sp³-hybridized carbons (Fsp3) is 0.278. The van der Waals surface area contributed by atoms with Crippen molar-refractivity contribution < 1.29 is 18.3 Å². The second kappa shape index (κ2) is 6.36. The van der Waals surface area contributed by atoms with E-state index in [1.807, 2.05) is 30.3 Å². The molecule has 23 heavy (non-hydrogen) atoms. The SMILES string of the molecule is O=C(NCC1(c2ccccc2)CC1)c1ccccc1OC(F)F. The first-order chi connectivity index (χ1) is 11.1. The highest BCUT2D eigenvalue weighted by molar-refractivity contribution is 5.97. The lowest BCUT2D eigenvalue weighted by Gasteiger charge is -2.17. The van der Waals surface area contributed by atoms with Crippen molar-refractivity contribution in [1.82, 2.24) is 5.32 Å². The summed E-state index contributed by atoms with van der Waals surface area (Å²) in [7, 11) is 0. The molecule has 0 aromatic heterocycles. The summed E-state index contributed by atoms with van der Waals surface area (Å²) >= 11 is 0. The van der Waals surface area contributed by atoms with E-state index in [4.69, 9.17) is 0 Å². The van der Waals surface area contributed by atoms with Gasteiger partial charge in [-0.25, -0.2) is 0 Å². The van der Waals surface area contributed by atoms with Gasteiger partial charge in [-0.05, 0) is 30.5 Å². The highest BCUT2D eigenvalue weighted by Crippen LogP contribution is 2.47. The molecule has 0 saturated heterocycles.